The highest BCUT2D eigenvalue weighted by Crippen LogP contribution is 2.33. The Bertz CT molecular complexity index is 311. The molecule has 1 fully saturated rings. The zero-order valence-electron chi connectivity index (χ0n) is 8.05. The first-order valence-electron chi connectivity index (χ1n) is 5.13. The lowest BCUT2D eigenvalue weighted by atomic mass is 9.98. The van der Waals surface area contributed by atoms with Crippen molar-refractivity contribution < 1.29 is 0 Å². The molecule has 1 aromatic rings. The minimum Gasteiger partial charge on any atom is -0.123 e. The highest BCUT2D eigenvalue weighted by atomic mass is 79.9. The Labute approximate surface area is 98.8 Å². The number of hydrogen-bond acceptors (Lipinski definition) is 0. The summed E-state index contributed by atoms with van der Waals surface area (Å²) in [6.07, 6.45) is 4.83. The predicted molar refractivity (Wildman–Crippen MR) is 64.8 cm³/mol. The van der Waals surface area contributed by atoms with Gasteiger partial charge in [-0.1, -0.05) is 34.1 Å². The normalized spacial score (nSPS) is 26.7. The van der Waals surface area contributed by atoms with Crippen LogP contribution >= 0.6 is 27.5 Å². The minimum absolute atomic E-state index is 0.419. The molecule has 1 saturated carbocycles. The zero-order valence-corrected chi connectivity index (χ0v) is 10.4. The molecule has 1 aromatic carbocycles. The first-order valence-corrected chi connectivity index (χ1v) is 6.36. The van der Waals surface area contributed by atoms with E-state index in [4.69, 9.17) is 11.6 Å². The average Bonchev–Trinajstić information content (AvgIpc) is 2.56. The molecule has 1 aliphatic rings. The topological polar surface area (TPSA) is 0 Å². The summed E-state index contributed by atoms with van der Waals surface area (Å²) >= 11 is 9.69. The highest BCUT2D eigenvalue weighted by Gasteiger charge is 2.23. The molecule has 0 aromatic heterocycles. The van der Waals surface area contributed by atoms with Gasteiger partial charge in [0.05, 0.1) is 0 Å². The number of halogens is 2. The molecule has 76 valence electrons. The summed E-state index contributed by atoms with van der Waals surface area (Å²) in [5, 5.41) is 0.419. The first-order chi connectivity index (χ1) is 6.75. The lowest BCUT2D eigenvalue weighted by Gasteiger charge is -2.10. The van der Waals surface area contributed by atoms with Gasteiger partial charge in [0, 0.05) is 9.85 Å². The van der Waals surface area contributed by atoms with E-state index < -0.39 is 0 Å². The molecule has 0 bridgehead atoms. The van der Waals surface area contributed by atoms with Gasteiger partial charge in [-0.3, -0.25) is 0 Å². The zero-order chi connectivity index (χ0) is 9.97. The quantitative estimate of drug-likeness (QED) is 0.701. The van der Waals surface area contributed by atoms with Crippen LogP contribution in [-0.4, -0.2) is 5.38 Å². The van der Waals surface area contributed by atoms with Crippen LogP contribution in [0.2, 0.25) is 0 Å². The summed E-state index contributed by atoms with van der Waals surface area (Å²) in [7, 11) is 0. The molecule has 0 nitrogen and oxygen atoms in total. The fourth-order valence-electron chi connectivity index (χ4n) is 2.17. The van der Waals surface area contributed by atoms with Gasteiger partial charge < -0.3 is 0 Å². The molecule has 0 radical (unpaired) electrons. The van der Waals surface area contributed by atoms with Gasteiger partial charge in [-0.05, 0) is 43.2 Å². The molecular formula is C12H14BrCl. The average molecular weight is 274 g/mol. The van der Waals surface area contributed by atoms with Gasteiger partial charge in [0.25, 0.3) is 0 Å². The molecule has 0 heterocycles. The Morgan fingerprint density at radius 3 is 2.71 bits per heavy atom. The van der Waals surface area contributed by atoms with Crippen molar-refractivity contribution in [2.45, 2.75) is 31.1 Å². The van der Waals surface area contributed by atoms with Crippen LogP contribution in [0.25, 0.3) is 0 Å². The third-order valence-corrected chi connectivity index (χ3v) is 4.11. The van der Waals surface area contributed by atoms with Crippen LogP contribution in [0, 0.1) is 5.92 Å². The van der Waals surface area contributed by atoms with E-state index in [0.29, 0.717) is 5.38 Å². The van der Waals surface area contributed by atoms with Crippen LogP contribution in [0.15, 0.2) is 28.7 Å². The molecule has 0 N–H and O–H groups in total. The second-order valence-electron chi connectivity index (χ2n) is 4.07. The molecular weight excluding hydrogens is 259 g/mol. The van der Waals surface area contributed by atoms with Gasteiger partial charge in [-0.2, -0.15) is 0 Å². The summed E-state index contributed by atoms with van der Waals surface area (Å²) in [6.45, 7) is 0. The summed E-state index contributed by atoms with van der Waals surface area (Å²) in [6, 6.07) is 8.48. The number of hydrogen-bond donors (Lipinski definition) is 0. The second-order valence-corrected chi connectivity index (χ2v) is 5.54. The Kier molecular flexibility index (Phi) is 3.51. The SMILES string of the molecule is ClC1CCC(Cc2ccccc2Br)C1. The van der Waals surface area contributed by atoms with Gasteiger partial charge in [-0.15, -0.1) is 11.6 Å². The molecule has 0 spiro atoms. The first kappa shape index (κ1) is 10.5. The Morgan fingerprint density at radius 1 is 1.29 bits per heavy atom. The van der Waals surface area contributed by atoms with Crippen molar-refractivity contribution in [2.24, 2.45) is 5.92 Å². The van der Waals surface area contributed by atoms with Gasteiger partial charge in [-0.25, -0.2) is 0 Å². The lowest BCUT2D eigenvalue weighted by Crippen LogP contribution is -2.00. The minimum atomic E-state index is 0.419. The van der Waals surface area contributed by atoms with Crippen molar-refractivity contribution in [3.8, 4) is 0 Å². The third-order valence-electron chi connectivity index (χ3n) is 2.94. The van der Waals surface area contributed by atoms with Gasteiger partial charge in [0.15, 0.2) is 0 Å². The van der Waals surface area contributed by atoms with Crippen molar-refractivity contribution in [3.05, 3.63) is 34.3 Å². The largest absolute Gasteiger partial charge is 0.123 e. The van der Waals surface area contributed by atoms with Crippen LogP contribution < -0.4 is 0 Å². The van der Waals surface area contributed by atoms with E-state index in [1.165, 1.54) is 35.7 Å². The number of rotatable bonds is 2. The van der Waals surface area contributed by atoms with Gasteiger partial charge >= 0.3 is 0 Å². The Morgan fingerprint density at radius 2 is 2.07 bits per heavy atom. The van der Waals surface area contributed by atoms with E-state index in [0.717, 1.165) is 5.92 Å². The number of alkyl halides is 1. The van der Waals surface area contributed by atoms with E-state index in [2.05, 4.69) is 40.2 Å². The van der Waals surface area contributed by atoms with Crippen molar-refractivity contribution in [2.75, 3.05) is 0 Å². The summed E-state index contributed by atoms with van der Waals surface area (Å²) in [5.41, 5.74) is 1.42. The summed E-state index contributed by atoms with van der Waals surface area (Å²) in [4.78, 5) is 0. The van der Waals surface area contributed by atoms with Crippen molar-refractivity contribution in [1.82, 2.24) is 0 Å². The smallest absolute Gasteiger partial charge is 0.0338 e. The monoisotopic (exact) mass is 272 g/mol. The summed E-state index contributed by atoms with van der Waals surface area (Å²) < 4.78 is 1.23. The maximum Gasteiger partial charge on any atom is 0.0338 e. The summed E-state index contributed by atoms with van der Waals surface area (Å²) in [5.74, 6) is 0.788. The van der Waals surface area contributed by atoms with Crippen molar-refractivity contribution in [3.63, 3.8) is 0 Å². The third kappa shape index (κ3) is 2.52. The predicted octanol–water partition coefficient (Wildman–Crippen LogP) is 4.40. The maximum atomic E-state index is 6.10. The van der Waals surface area contributed by atoms with Crippen LogP contribution in [0.5, 0.6) is 0 Å². The lowest BCUT2D eigenvalue weighted by molar-refractivity contribution is 0.546. The van der Waals surface area contributed by atoms with Crippen molar-refractivity contribution >= 4 is 27.5 Å². The van der Waals surface area contributed by atoms with Crippen LogP contribution in [0.1, 0.15) is 24.8 Å². The van der Waals surface area contributed by atoms with E-state index >= 15 is 0 Å². The Hall–Kier alpha value is -0.0100. The molecule has 0 amide bonds. The van der Waals surface area contributed by atoms with E-state index in [9.17, 15) is 0 Å². The fraction of sp³-hybridized carbons (Fsp3) is 0.500. The van der Waals surface area contributed by atoms with Crippen LogP contribution in [0.3, 0.4) is 0 Å². The highest BCUT2D eigenvalue weighted by molar-refractivity contribution is 9.10. The van der Waals surface area contributed by atoms with Gasteiger partial charge in [0.2, 0.25) is 0 Å². The van der Waals surface area contributed by atoms with Crippen LogP contribution in [-0.2, 0) is 6.42 Å². The molecule has 2 unspecified atom stereocenters. The maximum absolute atomic E-state index is 6.10. The van der Waals surface area contributed by atoms with Gasteiger partial charge in [0.1, 0.15) is 0 Å². The van der Waals surface area contributed by atoms with Crippen molar-refractivity contribution in [1.29, 1.82) is 0 Å². The van der Waals surface area contributed by atoms with Crippen LogP contribution in [0.4, 0.5) is 0 Å². The molecule has 14 heavy (non-hydrogen) atoms. The molecule has 2 atom stereocenters. The standard InChI is InChI=1S/C12H14BrCl/c13-12-4-2-1-3-10(12)7-9-5-6-11(14)8-9/h1-4,9,11H,5-8H2. The van der Waals surface area contributed by atoms with E-state index in [1.54, 1.807) is 0 Å². The molecule has 2 heteroatoms. The second kappa shape index (κ2) is 4.67. The van der Waals surface area contributed by atoms with E-state index in [1.807, 2.05) is 0 Å². The molecule has 2 rings (SSSR count). The molecule has 0 aliphatic heterocycles. The fourth-order valence-corrected chi connectivity index (χ4v) is 3.00. The van der Waals surface area contributed by atoms with E-state index in [-0.39, 0.29) is 0 Å². The number of benzene rings is 1. The Balaban J connectivity index is 2.01. The molecule has 0 saturated heterocycles. The molecule has 1 aliphatic carbocycles.